The maximum atomic E-state index is 13.4. The first-order valence-corrected chi connectivity index (χ1v) is 10.4. The molecular formula is C24H26N2O4. The number of rotatable bonds is 4. The zero-order chi connectivity index (χ0) is 22.1. The lowest BCUT2D eigenvalue weighted by Crippen LogP contribution is -2.35. The van der Waals surface area contributed by atoms with Crippen molar-refractivity contribution in [1.29, 1.82) is 0 Å². The molecule has 2 aromatic carbocycles. The average molecular weight is 406 g/mol. The Kier molecular flexibility index (Phi) is 4.56. The van der Waals surface area contributed by atoms with Crippen molar-refractivity contribution >= 4 is 32.3 Å². The molecule has 0 radical (unpaired) electrons. The molecule has 30 heavy (non-hydrogen) atoms. The summed E-state index contributed by atoms with van der Waals surface area (Å²) in [5.41, 5.74) is -1.68. The van der Waals surface area contributed by atoms with Crippen molar-refractivity contribution in [3.8, 4) is 0 Å². The van der Waals surface area contributed by atoms with Gasteiger partial charge >= 0.3 is 0 Å². The van der Waals surface area contributed by atoms with Crippen LogP contribution in [0.4, 0.5) is 0 Å². The van der Waals surface area contributed by atoms with Crippen molar-refractivity contribution in [3.63, 3.8) is 0 Å². The van der Waals surface area contributed by atoms with Crippen LogP contribution in [0.5, 0.6) is 0 Å². The molecule has 0 fully saturated rings. The van der Waals surface area contributed by atoms with Crippen LogP contribution in [0.25, 0.3) is 32.3 Å². The minimum atomic E-state index is -0.421. The number of nitrogens with zero attached hydrogens (tertiary/aromatic N) is 2. The van der Waals surface area contributed by atoms with Gasteiger partial charge in [-0.05, 0) is 49.9 Å². The summed E-state index contributed by atoms with van der Waals surface area (Å²) in [6.07, 6.45) is 0. The Balaban J connectivity index is 2.39. The van der Waals surface area contributed by atoms with E-state index in [1.54, 1.807) is 24.3 Å². The molecule has 0 N–H and O–H groups in total. The van der Waals surface area contributed by atoms with Gasteiger partial charge in [-0.25, -0.2) is 0 Å². The van der Waals surface area contributed by atoms with Crippen LogP contribution in [-0.4, -0.2) is 9.13 Å². The Labute approximate surface area is 173 Å². The molecule has 0 spiro atoms. The van der Waals surface area contributed by atoms with Crippen LogP contribution in [0.3, 0.4) is 0 Å². The van der Waals surface area contributed by atoms with Crippen LogP contribution in [0.15, 0.2) is 43.4 Å². The first kappa shape index (κ1) is 20.3. The monoisotopic (exact) mass is 406 g/mol. The van der Waals surface area contributed by atoms with E-state index in [0.717, 1.165) is 0 Å². The minimum Gasteiger partial charge on any atom is -0.271 e. The second-order valence-electron chi connectivity index (χ2n) is 9.00. The minimum absolute atomic E-state index is 0.0669. The van der Waals surface area contributed by atoms with Gasteiger partial charge in [0.05, 0.1) is 0 Å². The highest BCUT2D eigenvalue weighted by Crippen LogP contribution is 2.30. The van der Waals surface area contributed by atoms with E-state index in [1.165, 1.54) is 9.13 Å². The summed E-state index contributed by atoms with van der Waals surface area (Å²) in [5.74, 6) is 0.134. The maximum absolute atomic E-state index is 13.4. The normalized spacial score (nSPS) is 14.5. The summed E-state index contributed by atoms with van der Waals surface area (Å²) in [6, 6.07) is 5.80. The predicted molar refractivity (Wildman–Crippen MR) is 121 cm³/mol. The lowest BCUT2D eigenvalue weighted by Gasteiger charge is -2.16. The first-order valence-electron chi connectivity index (χ1n) is 10.4. The molecule has 0 aliphatic heterocycles. The Morgan fingerprint density at radius 2 is 0.733 bits per heavy atom. The van der Waals surface area contributed by atoms with Gasteiger partial charge in [-0.15, -0.1) is 0 Å². The highest BCUT2D eigenvalue weighted by atomic mass is 16.2. The van der Waals surface area contributed by atoms with Gasteiger partial charge < -0.3 is 0 Å². The number of aromatic nitrogens is 2. The Hall–Kier alpha value is -3.02. The van der Waals surface area contributed by atoms with Crippen LogP contribution in [0, 0.1) is 11.8 Å². The number of benzene rings is 2. The third-order valence-corrected chi connectivity index (χ3v) is 6.70. The quantitative estimate of drug-likeness (QED) is 0.520. The van der Waals surface area contributed by atoms with Gasteiger partial charge in [0, 0.05) is 44.4 Å². The molecule has 4 aromatic heterocycles. The van der Waals surface area contributed by atoms with Crippen molar-refractivity contribution in [1.82, 2.24) is 9.13 Å². The number of hydrogen-bond donors (Lipinski definition) is 0. The van der Waals surface area contributed by atoms with Gasteiger partial charge in [0.1, 0.15) is 0 Å². The van der Waals surface area contributed by atoms with E-state index in [0.29, 0.717) is 32.3 Å². The van der Waals surface area contributed by atoms with Crippen LogP contribution < -0.4 is 22.2 Å². The fraction of sp³-hybridized carbons (Fsp3) is 0.417. The third-order valence-electron chi connectivity index (χ3n) is 6.70. The summed E-state index contributed by atoms with van der Waals surface area (Å²) in [6.45, 7) is 11.5. The molecule has 2 atom stereocenters. The lowest BCUT2D eigenvalue weighted by atomic mass is 10.00. The van der Waals surface area contributed by atoms with Gasteiger partial charge in [0.15, 0.2) is 0 Å². The van der Waals surface area contributed by atoms with E-state index in [1.807, 2.05) is 41.5 Å². The van der Waals surface area contributed by atoms with Crippen LogP contribution in [0.1, 0.15) is 53.6 Å². The van der Waals surface area contributed by atoms with Gasteiger partial charge in [-0.2, -0.15) is 0 Å². The topological polar surface area (TPSA) is 78.1 Å². The van der Waals surface area contributed by atoms with Crippen molar-refractivity contribution in [3.05, 3.63) is 65.7 Å². The van der Waals surface area contributed by atoms with Gasteiger partial charge in [-0.1, -0.05) is 27.7 Å². The Bertz CT molecular complexity index is 1300. The molecule has 6 rings (SSSR count). The molecule has 0 saturated carbocycles. The molecule has 2 unspecified atom stereocenters. The van der Waals surface area contributed by atoms with Crippen LogP contribution in [0.2, 0.25) is 0 Å². The summed E-state index contributed by atoms with van der Waals surface area (Å²) >= 11 is 0. The summed E-state index contributed by atoms with van der Waals surface area (Å²) in [4.78, 5) is 53.7. The molecule has 4 bridgehead atoms. The van der Waals surface area contributed by atoms with E-state index in [9.17, 15) is 19.2 Å². The standard InChI is InChI=1S/C24H26N2O4/c1-11(2)13(5)25-21(27)15-7-8-16(22(25)28)20-18-10-9-17(19(15)20)23(29)26(24(18)30)14(6)12(3)4/h7-14H,1-6H3. The van der Waals surface area contributed by atoms with Crippen molar-refractivity contribution in [2.45, 2.75) is 53.6 Å². The van der Waals surface area contributed by atoms with Gasteiger partial charge in [0.25, 0.3) is 22.2 Å². The predicted octanol–water partition coefficient (Wildman–Crippen LogP) is 3.50. The molecule has 156 valence electrons. The molecule has 0 aliphatic carbocycles. The summed E-state index contributed by atoms with van der Waals surface area (Å²) in [7, 11) is 0. The van der Waals surface area contributed by atoms with E-state index < -0.39 is 22.2 Å². The molecule has 6 heteroatoms. The molecule has 0 amide bonds. The maximum Gasteiger partial charge on any atom is 0.261 e. The molecule has 0 saturated heterocycles. The van der Waals surface area contributed by atoms with Crippen molar-refractivity contribution < 1.29 is 0 Å². The average Bonchev–Trinajstić information content (AvgIpc) is 2.98. The SMILES string of the molecule is CC(C)C(C)n1c(=O)c2ccc(c1=O)c1c3ccc(c(=O)n(C(C)C(C)C)c3=O)c21. The van der Waals surface area contributed by atoms with Gasteiger partial charge in [-0.3, -0.25) is 28.3 Å². The van der Waals surface area contributed by atoms with Crippen LogP contribution >= 0.6 is 0 Å². The highest BCUT2D eigenvalue weighted by molar-refractivity contribution is 6.22. The molecule has 6 nitrogen and oxygen atoms in total. The first-order chi connectivity index (χ1) is 14.1. The highest BCUT2D eigenvalue weighted by Gasteiger charge is 2.24. The summed E-state index contributed by atoms with van der Waals surface area (Å²) in [5, 5.41) is 2.01. The zero-order valence-electron chi connectivity index (χ0n) is 18.1. The molecular weight excluding hydrogens is 380 g/mol. The smallest absolute Gasteiger partial charge is 0.261 e. The van der Waals surface area contributed by atoms with E-state index in [4.69, 9.17) is 0 Å². The zero-order valence-corrected chi connectivity index (χ0v) is 18.1. The van der Waals surface area contributed by atoms with Gasteiger partial charge in [0.2, 0.25) is 0 Å². The lowest BCUT2D eigenvalue weighted by molar-refractivity contribution is 0.393. The van der Waals surface area contributed by atoms with Crippen LogP contribution in [-0.2, 0) is 0 Å². The fourth-order valence-electron chi connectivity index (χ4n) is 4.25. The molecule has 4 heterocycles. The summed E-state index contributed by atoms with van der Waals surface area (Å²) < 4.78 is 2.54. The molecule has 0 aliphatic rings. The van der Waals surface area contributed by atoms with Crippen molar-refractivity contribution in [2.75, 3.05) is 0 Å². The second kappa shape index (κ2) is 6.76. The van der Waals surface area contributed by atoms with E-state index in [-0.39, 0.29) is 23.9 Å². The fourth-order valence-corrected chi connectivity index (χ4v) is 4.25. The second-order valence-corrected chi connectivity index (χ2v) is 9.00. The Morgan fingerprint density at radius 1 is 0.500 bits per heavy atom. The number of hydrogen-bond acceptors (Lipinski definition) is 4. The largest absolute Gasteiger partial charge is 0.271 e. The third kappa shape index (κ3) is 2.56. The van der Waals surface area contributed by atoms with E-state index in [2.05, 4.69) is 0 Å². The number of fused-ring (bicyclic) bond motifs is 6. The Morgan fingerprint density at radius 3 is 0.933 bits per heavy atom. The molecule has 6 aromatic rings. The van der Waals surface area contributed by atoms with Crippen molar-refractivity contribution in [2.24, 2.45) is 11.8 Å². The van der Waals surface area contributed by atoms with E-state index >= 15 is 0 Å².